The van der Waals surface area contributed by atoms with Gasteiger partial charge in [-0.05, 0) is 42.2 Å². The summed E-state index contributed by atoms with van der Waals surface area (Å²) in [5.74, 6) is -0.851. The molecule has 2 heterocycles. The molecule has 5 nitrogen and oxygen atoms in total. The summed E-state index contributed by atoms with van der Waals surface area (Å²) in [6.45, 7) is 1.80. The van der Waals surface area contributed by atoms with Crippen LogP contribution in [0.4, 0.5) is 5.69 Å². The maximum absolute atomic E-state index is 12.4. The lowest BCUT2D eigenvalue weighted by Gasteiger charge is -2.24. The number of benzene rings is 1. The Balaban J connectivity index is 1.87. The Bertz CT molecular complexity index is 729. The first-order chi connectivity index (χ1) is 10.5. The third-order valence-corrected chi connectivity index (χ3v) is 4.59. The number of fused-ring (bicyclic) bond motifs is 1. The van der Waals surface area contributed by atoms with E-state index in [1.54, 1.807) is 31.2 Å². The fourth-order valence-corrected chi connectivity index (χ4v) is 3.44. The third kappa shape index (κ3) is 2.48. The Hall–Kier alpha value is -1.92. The molecule has 1 aromatic rings. The van der Waals surface area contributed by atoms with E-state index < -0.39 is 17.9 Å². The van der Waals surface area contributed by atoms with E-state index in [0.717, 1.165) is 5.56 Å². The fraction of sp³-hybridized carbons (Fsp3) is 0.200. The lowest BCUT2D eigenvalue weighted by molar-refractivity contribution is -0.127. The normalized spacial score (nSPS) is 20.4. The molecule has 2 aliphatic heterocycles. The molecule has 0 spiro atoms. The predicted octanol–water partition coefficient (Wildman–Crippen LogP) is 2.83. The van der Waals surface area contributed by atoms with Gasteiger partial charge >= 0.3 is 0 Å². The van der Waals surface area contributed by atoms with Crippen LogP contribution < -0.4 is 5.32 Å². The molecule has 1 atom stereocenters. The number of carbonyl (C=O) groups is 2. The number of anilines is 1. The highest BCUT2D eigenvalue weighted by atomic mass is 35.5. The van der Waals surface area contributed by atoms with Crippen LogP contribution in [-0.4, -0.2) is 33.7 Å². The van der Waals surface area contributed by atoms with E-state index in [9.17, 15) is 14.7 Å². The summed E-state index contributed by atoms with van der Waals surface area (Å²) in [6.07, 6.45) is 1.70. The first-order valence-electron chi connectivity index (χ1n) is 6.59. The van der Waals surface area contributed by atoms with Crippen LogP contribution in [0.2, 0.25) is 5.02 Å². The van der Waals surface area contributed by atoms with Crippen molar-refractivity contribution in [1.82, 2.24) is 4.90 Å². The monoisotopic (exact) mass is 336 g/mol. The standard InChI is InChI=1S/C15H13ClN2O3S/c1-8-6-9(16)2-3-10(8)17-14(20)12-13(19)11-4-5-22-7-18(11)15(12)21/h2-6,11,19H,7H2,1H3,(H,17,20). The predicted molar refractivity (Wildman–Crippen MR) is 86.7 cm³/mol. The van der Waals surface area contributed by atoms with E-state index in [-0.39, 0.29) is 11.3 Å². The number of amides is 2. The van der Waals surface area contributed by atoms with Crippen LogP contribution in [0.5, 0.6) is 0 Å². The second kappa shape index (κ2) is 5.70. The van der Waals surface area contributed by atoms with Crippen molar-refractivity contribution in [3.05, 3.63) is 51.6 Å². The molecule has 2 aliphatic rings. The van der Waals surface area contributed by atoms with Crippen molar-refractivity contribution in [2.75, 3.05) is 11.2 Å². The molecule has 1 aromatic carbocycles. The van der Waals surface area contributed by atoms with Gasteiger partial charge in [0, 0.05) is 10.7 Å². The molecule has 0 radical (unpaired) electrons. The number of hydrogen-bond donors (Lipinski definition) is 2. The van der Waals surface area contributed by atoms with Crippen molar-refractivity contribution in [1.29, 1.82) is 0 Å². The maximum Gasteiger partial charge on any atom is 0.264 e. The summed E-state index contributed by atoms with van der Waals surface area (Å²) >= 11 is 7.32. The molecule has 0 saturated heterocycles. The zero-order valence-electron chi connectivity index (χ0n) is 11.7. The van der Waals surface area contributed by atoms with Gasteiger partial charge in [-0.2, -0.15) is 0 Å². The molecule has 0 saturated carbocycles. The first kappa shape index (κ1) is 15.0. The van der Waals surface area contributed by atoms with Crippen molar-refractivity contribution in [3.63, 3.8) is 0 Å². The topological polar surface area (TPSA) is 69.6 Å². The highest BCUT2D eigenvalue weighted by Gasteiger charge is 2.42. The van der Waals surface area contributed by atoms with Crippen molar-refractivity contribution in [3.8, 4) is 0 Å². The minimum Gasteiger partial charge on any atom is -0.509 e. The van der Waals surface area contributed by atoms with Gasteiger partial charge in [0.2, 0.25) is 0 Å². The Kier molecular flexibility index (Phi) is 3.88. The molecular weight excluding hydrogens is 324 g/mol. The van der Waals surface area contributed by atoms with E-state index in [1.165, 1.54) is 16.7 Å². The van der Waals surface area contributed by atoms with Crippen LogP contribution in [0, 0.1) is 6.92 Å². The molecule has 0 aliphatic carbocycles. The number of nitrogens with one attached hydrogen (secondary N) is 1. The van der Waals surface area contributed by atoms with E-state index in [1.807, 2.05) is 5.41 Å². The zero-order valence-corrected chi connectivity index (χ0v) is 13.2. The Labute approximate surface area is 136 Å². The van der Waals surface area contributed by atoms with Crippen molar-refractivity contribution in [2.45, 2.75) is 13.0 Å². The van der Waals surface area contributed by atoms with Gasteiger partial charge < -0.3 is 15.3 Å². The van der Waals surface area contributed by atoms with Gasteiger partial charge in [-0.15, -0.1) is 11.8 Å². The molecule has 22 heavy (non-hydrogen) atoms. The maximum atomic E-state index is 12.4. The quantitative estimate of drug-likeness (QED) is 0.815. The van der Waals surface area contributed by atoms with Crippen molar-refractivity contribution in [2.24, 2.45) is 0 Å². The lowest BCUT2D eigenvalue weighted by Crippen LogP contribution is -2.36. The van der Waals surface area contributed by atoms with Crippen molar-refractivity contribution >= 4 is 40.9 Å². The Morgan fingerprint density at radius 3 is 2.95 bits per heavy atom. The Morgan fingerprint density at radius 1 is 1.50 bits per heavy atom. The summed E-state index contributed by atoms with van der Waals surface area (Å²) in [5.41, 5.74) is 1.13. The smallest absolute Gasteiger partial charge is 0.264 e. The van der Waals surface area contributed by atoms with Gasteiger partial charge in [0.25, 0.3) is 11.8 Å². The number of aryl methyl sites for hydroxylation is 1. The number of nitrogens with zero attached hydrogens (tertiary/aromatic N) is 1. The second-order valence-corrected chi connectivity index (χ2v) is 6.32. The van der Waals surface area contributed by atoms with E-state index >= 15 is 0 Å². The van der Waals surface area contributed by atoms with Crippen LogP contribution in [-0.2, 0) is 9.59 Å². The van der Waals surface area contributed by atoms with Gasteiger partial charge in [-0.1, -0.05) is 11.6 Å². The van der Waals surface area contributed by atoms with E-state index in [2.05, 4.69) is 5.32 Å². The number of aliphatic hydroxyl groups is 1. The molecule has 0 fully saturated rings. The molecule has 2 amide bonds. The minimum absolute atomic E-state index is 0.202. The largest absolute Gasteiger partial charge is 0.509 e. The molecule has 114 valence electrons. The minimum atomic E-state index is -0.610. The number of carbonyl (C=O) groups excluding carboxylic acids is 2. The molecule has 1 unspecified atom stereocenters. The van der Waals surface area contributed by atoms with Gasteiger partial charge in [0.1, 0.15) is 17.4 Å². The summed E-state index contributed by atoms with van der Waals surface area (Å²) in [6, 6.07) is 4.48. The van der Waals surface area contributed by atoms with Gasteiger partial charge in [0.05, 0.1) is 5.88 Å². The number of aliphatic hydroxyl groups excluding tert-OH is 1. The number of thioether (sulfide) groups is 1. The van der Waals surface area contributed by atoms with Crippen LogP contribution >= 0.6 is 23.4 Å². The average Bonchev–Trinajstić information content (AvgIpc) is 2.74. The number of hydrogen-bond acceptors (Lipinski definition) is 4. The zero-order chi connectivity index (χ0) is 15.9. The molecule has 3 rings (SSSR count). The SMILES string of the molecule is Cc1cc(Cl)ccc1NC(=O)C1=C(O)C2C=CSCN2C1=O. The lowest BCUT2D eigenvalue weighted by atomic mass is 10.1. The van der Waals surface area contributed by atoms with Crippen molar-refractivity contribution < 1.29 is 14.7 Å². The van der Waals surface area contributed by atoms with Crippen LogP contribution in [0.3, 0.4) is 0 Å². The highest BCUT2D eigenvalue weighted by molar-refractivity contribution is 8.02. The average molecular weight is 337 g/mol. The second-order valence-electron chi connectivity index (χ2n) is 5.02. The Morgan fingerprint density at radius 2 is 2.27 bits per heavy atom. The highest BCUT2D eigenvalue weighted by Crippen LogP contribution is 2.32. The van der Waals surface area contributed by atoms with Crippen LogP contribution in [0.1, 0.15) is 5.56 Å². The van der Waals surface area contributed by atoms with Gasteiger partial charge in [-0.3, -0.25) is 9.59 Å². The fourth-order valence-electron chi connectivity index (χ4n) is 2.43. The molecular formula is C15H13ClN2O3S. The summed E-state index contributed by atoms with van der Waals surface area (Å²) < 4.78 is 0. The van der Waals surface area contributed by atoms with E-state index in [0.29, 0.717) is 16.6 Å². The van der Waals surface area contributed by atoms with Crippen LogP contribution in [0.25, 0.3) is 0 Å². The summed E-state index contributed by atoms with van der Waals surface area (Å²) in [5, 5.41) is 15.2. The molecule has 0 aromatic heterocycles. The third-order valence-electron chi connectivity index (χ3n) is 3.58. The van der Waals surface area contributed by atoms with Gasteiger partial charge in [0.15, 0.2) is 0 Å². The molecule has 0 bridgehead atoms. The summed E-state index contributed by atoms with van der Waals surface area (Å²) in [4.78, 5) is 26.1. The number of halogens is 1. The molecule has 2 N–H and O–H groups in total. The van der Waals surface area contributed by atoms with Crippen LogP contribution in [0.15, 0.2) is 41.0 Å². The summed E-state index contributed by atoms with van der Waals surface area (Å²) in [7, 11) is 0. The molecule has 7 heteroatoms. The number of rotatable bonds is 2. The van der Waals surface area contributed by atoms with Gasteiger partial charge in [-0.25, -0.2) is 0 Å². The first-order valence-corrected chi connectivity index (χ1v) is 8.01. The van der Waals surface area contributed by atoms with E-state index in [4.69, 9.17) is 11.6 Å².